The minimum absolute atomic E-state index is 0.0287. The van der Waals surface area contributed by atoms with Crippen molar-refractivity contribution in [3.63, 3.8) is 0 Å². The molecule has 234 valence electrons. The normalized spacial score (nSPS) is 16.5. The molecule has 3 aromatic rings. The largest absolute Gasteiger partial charge is 0.444 e. The summed E-state index contributed by atoms with van der Waals surface area (Å²) in [6.45, 7) is 14.4. The first-order valence-electron chi connectivity index (χ1n) is 16.1. The van der Waals surface area contributed by atoms with Gasteiger partial charge in [0.1, 0.15) is 19.3 Å². The summed E-state index contributed by atoms with van der Waals surface area (Å²) < 4.78 is 7.73. The lowest BCUT2D eigenvalue weighted by atomic mass is 10.0. The van der Waals surface area contributed by atoms with Gasteiger partial charge in [-0.1, -0.05) is 68.7 Å². The van der Waals surface area contributed by atoms with E-state index in [2.05, 4.69) is 48.1 Å². The van der Waals surface area contributed by atoms with Gasteiger partial charge in [0.25, 0.3) is 5.56 Å². The summed E-state index contributed by atoms with van der Waals surface area (Å²) in [6.07, 6.45) is 8.16. The topological polar surface area (TPSA) is 80.6 Å². The van der Waals surface area contributed by atoms with E-state index in [9.17, 15) is 9.59 Å². The van der Waals surface area contributed by atoms with Crippen LogP contribution in [0.3, 0.4) is 0 Å². The lowest BCUT2D eigenvalue weighted by Crippen LogP contribution is -2.50. The van der Waals surface area contributed by atoms with Crippen molar-refractivity contribution in [1.82, 2.24) is 19.4 Å². The van der Waals surface area contributed by atoms with Crippen molar-refractivity contribution in [1.29, 1.82) is 0 Å². The Kier molecular flexibility index (Phi) is 9.50. The summed E-state index contributed by atoms with van der Waals surface area (Å²) in [6, 6.07) is 12.2. The first-order valence-corrected chi connectivity index (χ1v) is 19.6. The molecule has 2 aliphatic rings. The van der Waals surface area contributed by atoms with Crippen LogP contribution >= 0.6 is 0 Å². The third-order valence-corrected chi connectivity index (χ3v) is 9.22. The predicted octanol–water partition coefficient (Wildman–Crippen LogP) is 6.58. The van der Waals surface area contributed by atoms with Crippen LogP contribution in [0.5, 0.6) is 0 Å². The fourth-order valence-electron chi connectivity index (χ4n) is 6.15. The molecule has 8 nitrogen and oxygen atoms in total. The summed E-state index contributed by atoms with van der Waals surface area (Å²) in [7, 11) is -1.64. The zero-order valence-electron chi connectivity index (χ0n) is 27.2. The van der Waals surface area contributed by atoms with Crippen LogP contribution in [0.1, 0.15) is 76.5 Å². The highest BCUT2D eigenvalue weighted by Crippen LogP contribution is 2.32. The molecule has 3 heterocycles. The average Bonchev–Trinajstić information content (AvgIpc) is 3.50. The summed E-state index contributed by atoms with van der Waals surface area (Å²) in [5.74, 6) is 3.94. The molecule has 1 saturated heterocycles. The van der Waals surface area contributed by atoms with E-state index in [1.54, 1.807) is 6.07 Å². The van der Waals surface area contributed by atoms with Crippen molar-refractivity contribution in [3.8, 4) is 11.5 Å². The van der Waals surface area contributed by atoms with Gasteiger partial charge in [-0.25, -0.2) is 9.78 Å². The SMILES string of the molecule is CC(C)(C)OC(=O)N(CCc1ccccc1)C1CCN(c2ncc3c(C#C[Si](C)(C)C)cc(=O)n(C4CCCC4)c3n2)CC1. The average molecular weight is 614 g/mol. The van der Waals surface area contributed by atoms with Gasteiger partial charge in [0, 0.05) is 49.5 Å². The third-order valence-electron chi connectivity index (χ3n) is 8.34. The Bertz CT molecular complexity index is 1580. The zero-order valence-corrected chi connectivity index (χ0v) is 28.2. The molecule has 0 spiro atoms. The fraction of sp³-hybridized carbons (Fsp3) is 0.543. The second-order valence-corrected chi connectivity index (χ2v) is 19.0. The molecule has 0 N–H and O–H groups in total. The zero-order chi connectivity index (χ0) is 31.5. The van der Waals surface area contributed by atoms with Crippen molar-refractivity contribution < 1.29 is 9.53 Å². The summed E-state index contributed by atoms with van der Waals surface area (Å²) >= 11 is 0. The smallest absolute Gasteiger partial charge is 0.410 e. The van der Waals surface area contributed by atoms with Crippen LogP contribution < -0.4 is 10.5 Å². The van der Waals surface area contributed by atoms with Crippen molar-refractivity contribution in [2.75, 3.05) is 24.5 Å². The van der Waals surface area contributed by atoms with Crippen molar-refractivity contribution in [3.05, 3.63) is 64.1 Å². The van der Waals surface area contributed by atoms with Gasteiger partial charge in [-0.3, -0.25) is 9.36 Å². The molecule has 1 amide bonds. The van der Waals surface area contributed by atoms with E-state index in [0.29, 0.717) is 31.2 Å². The Morgan fingerprint density at radius 2 is 1.75 bits per heavy atom. The van der Waals surface area contributed by atoms with Crippen molar-refractivity contribution in [2.45, 2.75) is 103 Å². The maximum absolute atomic E-state index is 13.5. The molecule has 2 aromatic heterocycles. The van der Waals surface area contributed by atoms with E-state index in [0.717, 1.165) is 55.9 Å². The summed E-state index contributed by atoms with van der Waals surface area (Å²) in [4.78, 5) is 40.8. The Morgan fingerprint density at radius 1 is 1.07 bits per heavy atom. The Morgan fingerprint density at radius 3 is 2.39 bits per heavy atom. The van der Waals surface area contributed by atoms with E-state index in [1.807, 2.05) is 54.6 Å². The number of anilines is 1. The quantitative estimate of drug-likeness (QED) is 0.231. The number of rotatable bonds is 6. The molecule has 1 aromatic carbocycles. The van der Waals surface area contributed by atoms with Gasteiger partial charge in [-0.2, -0.15) is 4.98 Å². The Hall–Kier alpha value is -3.64. The van der Waals surface area contributed by atoms with Crippen molar-refractivity contribution >= 4 is 31.1 Å². The van der Waals surface area contributed by atoms with Gasteiger partial charge >= 0.3 is 6.09 Å². The van der Waals surface area contributed by atoms with E-state index >= 15 is 0 Å². The second-order valence-electron chi connectivity index (χ2n) is 14.2. The molecule has 2 fully saturated rings. The van der Waals surface area contributed by atoms with Crippen LogP contribution in [0, 0.1) is 11.5 Å². The molecule has 0 atom stereocenters. The number of pyridine rings is 1. The van der Waals surface area contributed by atoms with Gasteiger partial charge in [0.2, 0.25) is 5.95 Å². The number of benzene rings is 1. The highest BCUT2D eigenvalue weighted by Gasteiger charge is 2.32. The molecule has 0 bridgehead atoms. The van der Waals surface area contributed by atoms with E-state index in [1.165, 1.54) is 5.56 Å². The second kappa shape index (κ2) is 13.2. The first-order chi connectivity index (χ1) is 20.9. The minimum Gasteiger partial charge on any atom is -0.444 e. The van der Waals surface area contributed by atoms with Crippen LogP contribution in [-0.4, -0.2) is 64.9 Å². The molecule has 0 unspecified atom stereocenters. The number of aromatic nitrogens is 3. The number of ether oxygens (including phenoxy) is 1. The molecule has 0 radical (unpaired) electrons. The Labute approximate surface area is 262 Å². The molecule has 1 aliphatic heterocycles. The fourth-order valence-corrected chi connectivity index (χ4v) is 6.66. The summed E-state index contributed by atoms with van der Waals surface area (Å²) in [5, 5.41) is 0.845. The highest BCUT2D eigenvalue weighted by molar-refractivity contribution is 6.83. The number of hydrogen-bond acceptors (Lipinski definition) is 6. The number of nitrogens with zero attached hydrogens (tertiary/aromatic N) is 5. The third kappa shape index (κ3) is 7.89. The number of carbonyl (C=O) groups excluding carboxylic acids is 1. The number of hydrogen-bond donors (Lipinski definition) is 0. The van der Waals surface area contributed by atoms with Crippen LogP contribution in [0.25, 0.3) is 11.0 Å². The monoisotopic (exact) mass is 613 g/mol. The molecule has 44 heavy (non-hydrogen) atoms. The van der Waals surface area contributed by atoms with Crippen molar-refractivity contribution in [2.24, 2.45) is 0 Å². The maximum atomic E-state index is 13.5. The van der Waals surface area contributed by atoms with Gasteiger partial charge in [-0.05, 0) is 58.4 Å². The lowest BCUT2D eigenvalue weighted by Gasteiger charge is -2.39. The first kappa shape index (κ1) is 31.8. The Balaban J connectivity index is 1.39. The summed E-state index contributed by atoms with van der Waals surface area (Å²) in [5.41, 5.74) is 5.44. The predicted molar refractivity (Wildman–Crippen MR) is 180 cm³/mol. The standard InChI is InChI=1S/C35H47N5O3Si/c1-35(2,3)43-34(42)39(22-16-26-12-8-7-9-13-26)28-17-20-38(21-18-28)33-36-25-30-27(19-23-44(4,5)6)24-31(41)40(32(30)37-33)29-14-10-11-15-29/h7-9,12-13,24-25,28-29H,10-11,14-18,20-22H2,1-6H3. The number of fused-ring (bicyclic) bond motifs is 1. The van der Waals surface area contributed by atoms with Gasteiger partial charge in [0.15, 0.2) is 0 Å². The lowest BCUT2D eigenvalue weighted by molar-refractivity contribution is 0.0138. The minimum atomic E-state index is -1.64. The molecular weight excluding hydrogens is 567 g/mol. The molecule has 5 rings (SSSR count). The van der Waals surface area contributed by atoms with Crippen LogP contribution in [0.15, 0.2) is 47.4 Å². The number of carbonyl (C=O) groups is 1. The molecule has 1 saturated carbocycles. The molecule has 1 aliphatic carbocycles. The van der Waals surface area contributed by atoms with E-state index < -0.39 is 13.7 Å². The van der Waals surface area contributed by atoms with Crippen LogP contribution in [-0.2, 0) is 11.2 Å². The molecule has 9 heteroatoms. The number of amides is 1. The highest BCUT2D eigenvalue weighted by atomic mass is 28.3. The maximum Gasteiger partial charge on any atom is 0.410 e. The van der Waals surface area contributed by atoms with E-state index in [4.69, 9.17) is 14.7 Å². The van der Waals surface area contributed by atoms with Crippen LogP contribution in [0.2, 0.25) is 19.6 Å². The number of piperidine rings is 1. The van der Waals surface area contributed by atoms with Gasteiger partial charge in [-0.15, -0.1) is 5.54 Å². The van der Waals surface area contributed by atoms with Gasteiger partial charge in [0.05, 0.1) is 5.39 Å². The van der Waals surface area contributed by atoms with Crippen LogP contribution in [0.4, 0.5) is 10.7 Å². The van der Waals surface area contributed by atoms with E-state index in [-0.39, 0.29) is 23.7 Å². The molecular formula is C35H47N5O3Si. The van der Waals surface area contributed by atoms with Gasteiger partial charge < -0.3 is 14.5 Å².